The third-order valence-corrected chi connectivity index (χ3v) is 6.43. The van der Waals surface area contributed by atoms with Gasteiger partial charge in [0.2, 0.25) is 21.8 Å². The molecule has 0 radical (unpaired) electrons. The minimum absolute atomic E-state index is 0.0624. The molecule has 0 spiro atoms. The monoisotopic (exact) mass is 401 g/mol. The van der Waals surface area contributed by atoms with Crippen LogP contribution in [0.1, 0.15) is 18.4 Å². The van der Waals surface area contributed by atoms with Gasteiger partial charge in [0.25, 0.3) is 0 Å². The van der Waals surface area contributed by atoms with Crippen molar-refractivity contribution in [2.24, 2.45) is 0 Å². The minimum atomic E-state index is -3.75. The van der Waals surface area contributed by atoms with Gasteiger partial charge in [0.05, 0.1) is 11.4 Å². The van der Waals surface area contributed by atoms with Crippen LogP contribution < -0.4 is 10.2 Å². The summed E-state index contributed by atoms with van der Waals surface area (Å²) in [6, 6.07) is 13.5. The molecule has 1 fully saturated rings. The first-order valence-corrected chi connectivity index (χ1v) is 10.4. The van der Waals surface area contributed by atoms with Crippen LogP contribution in [0, 0.1) is 6.92 Å². The predicted octanol–water partition coefficient (Wildman–Crippen LogP) is 2.38. The molecule has 0 bridgehead atoms. The first-order valence-electron chi connectivity index (χ1n) is 9.01. The normalized spacial score (nSPS) is 14.5. The maximum Gasteiger partial charge on any atom is 0.243 e. The number of amides is 2. The van der Waals surface area contributed by atoms with Gasteiger partial charge in [0.1, 0.15) is 0 Å². The fourth-order valence-corrected chi connectivity index (χ4v) is 4.18. The lowest BCUT2D eigenvalue weighted by Gasteiger charge is -2.18. The van der Waals surface area contributed by atoms with E-state index in [2.05, 4.69) is 5.32 Å². The standard InChI is InChI=1S/C20H23N3O4S/c1-15-8-10-18(11-9-15)28(26,27)22(2)14-19(24)21-16-5-3-6-17(13-16)23-12-4-7-20(23)25/h3,5-6,8-11,13H,4,7,12,14H2,1-2H3,(H,21,24). The topological polar surface area (TPSA) is 86.8 Å². The van der Waals surface area contributed by atoms with Crippen molar-refractivity contribution in [3.8, 4) is 0 Å². The fourth-order valence-electron chi connectivity index (χ4n) is 3.05. The number of rotatable bonds is 6. The lowest BCUT2D eigenvalue weighted by atomic mass is 10.2. The summed E-state index contributed by atoms with van der Waals surface area (Å²) in [5, 5.41) is 2.70. The van der Waals surface area contributed by atoms with Crippen molar-refractivity contribution in [2.45, 2.75) is 24.7 Å². The number of carbonyl (C=O) groups is 2. The highest BCUT2D eigenvalue weighted by molar-refractivity contribution is 7.89. The van der Waals surface area contributed by atoms with Crippen LogP contribution in [-0.4, -0.2) is 44.7 Å². The fraction of sp³-hybridized carbons (Fsp3) is 0.300. The first-order chi connectivity index (χ1) is 13.3. The van der Waals surface area contributed by atoms with Gasteiger partial charge in [-0.2, -0.15) is 4.31 Å². The van der Waals surface area contributed by atoms with Crippen molar-refractivity contribution in [3.63, 3.8) is 0 Å². The van der Waals surface area contributed by atoms with Gasteiger partial charge in [-0.1, -0.05) is 23.8 Å². The number of carbonyl (C=O) groups excluding carboxylic acids is 2. The number of sulfonamides is 1. The Morgan fingerprint density at radius 3 is 2.54 bits per heavy atom. The van der Waals surface area contributed by atoms with Crippen molar-refractivity contribution in [3.05, 3.63) is 54.1 Å². The summed E-state index contributed by atoms with van der Waals surface area (Å²) in [7, 11) is -2.38. The van der Waals surface area contributed by atoms with Crippen LogP contribution in [-0.2, 0) is 19.6 Å². The van der Waals surface area contributed by atoms with Crippen molar-refractivity contribution in [1.29, 1.82) is 0 Å². The third kappa shape index (κ3) is 4.40. The molecule has 2 amide bonds. The SMILES string of the molecule is Cc1ccc(S(=O)(=O)N(C)CC(=O)Nc2cccc(N3CCCC3=O)c2)cc1. The Bertz CT molecular complexity index is 987. The molecule has 0 saturated carbocycles. The Labute approximate surface area is 165 Å². The van der Waals surface area contributed by atoms with Crippen LogP contribution in [0.2, 0.25) is 0 Å². The molecule has 2 aromatic rings. The van der Waals surface area contributed by atoms with Crippen LogP contribution in [0.5, 0.6) is 0 Å². The van der Waals surface area contributed by atoms with E-state index in [1.165, 1.54) is 19.2 Å². The average Bonchev–Trinajstić information content (AvgIpc) is 3.08. The number of aryl methyl sites for hydroxylation is 1. The van der Waals surface area contributed by atoms with Crippen LogP contribution >= 0.6 is 0 Å². The Kier molecular flexibility index (Phi) is 5.81. The molecule has 0 aliphatic carbocycles. The Hall–Kier alpha value is -2.71. The Balaban J connectivity index is 1.67. The zero-order chi connectivity index (χ0) is 20.3. The van der Waals surface area contributed by atoms with Gasteiger partial charge in [-0.05, 0) is 43.7 Å². The van der Waals surface area contributed by atoms with Crippen molar-refractivity contribution in [2.75, 3.05) is 30.4 Å². The van der Waals surface area contributed by atoms with E-state index >= 15 is 0 Å². The van der Waals surface area contributed by atoms with E-state index in [9.17, 15) is 18.0 Å². The van der Waals surface area contributed by atoms with Crippen LogP contribution in [0.4, 0.5) is 11.4 Å². The molecule has 0 aromatic heterocycles. The smallest absolute Gasteiger partial charge is 0.243 e. The molecule has 3 rings (SSSR count). The van der Waals surface area contributed by atoms with E-state index in [0.717, 1.165) is 22.0 Å². The molecule has 7 nitrogen and oxygen atoms in total. The van der Waals surface area contributed by atoms with E-state index in [0.29, 0.717) is 18.7 Å². The van der Waals surface area contributed by atoms with Gasteiger partial charge < -0.3 is 10.2 Å². The van der Waals surface area contributed by atoms with Crippen LogP contribution in [0.25, 0.3) is 0 Å². The van der Waals surface area contributed by atoms with Gasteiger partial charge in [-0.15, -0.1) is 0 Å². The number of hydrogen-bond acceptors (Lipinski definition) is 4. The molecule has 0 atom stereocenters. The average molecular weight is 401 g/mol. The van der Waals surface area contributed by atoms with Gasteiger partial charge >= 0.3 is 0 Å². The van der Waals surface area contributed by atoms with E-state index < -0.39 is 15.9 Å². The molecule has 1 aliphatic rings. The second-order valence-electron chi connectivity index (χ2n) is 6.82. The molecule has 1 heterocycles. The Morgan fingerprint density at radius 1 is 1.18 bits per heavy atom. The van der Waals surface area contributed by atoms with Crippen molar-refractivity contribution < 1.29 is 18.0 Å². The molecule has 28 heavy (non-hydrogen) atoms. The molecule has 0 unspecified atom stereocenters. The van der Waals surface area contributed by atoms with E-state index in [4.69, 9.17) is 0 Å². The molecule has 1 N–H and O–H groups in total. The van der Waals surface area contributed by atoms with Gasteiger partial charge in [0.15, 0.2) is 0 Å². The molecular formula is C20H23N3O4S. The second-order valence-corrected chi connectivity index (χ2v) is 8.87. The van der Waals surface area contributed by atoms with E-state index in [-0.39, 0.29) is 17.3 Å². The summed E-state index contributed by atoms with van der Waals surface area (Å²) in [5.41, 5.74) is 2.19. The summed E-state index contributed by atoms with van der Waals surface area (Å²) in [6.45, 7) is 2.22. The largest absolute Gasteiger partial charge is 0.325 e. The van der Waals surface area contributed by atoms with Crippen LogP contribution in [0.15, 0.2) is 53.4 Å². The summed E-state index contributed by atoms with van der Waals surface area (Å²) in [4.78, 5) is 26.1. The highest BCUT2D eigenvalue weighted by Gasteiger charge is 2.24. The summed E-state index contributed by atoms with van der Waals surface area (Å²) < 4.78 is 26.2. The lowest BCUT2D eigenvalue weighted by molar-refractivity contribution is -0.117. The number of nitrogens with one attached hydrogen (secondary N) is 1. The number of nitrogens with zero attached hydrogens (tertiary/aromatic N) is 2. The highest BCUT2D eigenvalue weighted by atomic mass is 32.2. The second kappa shape index (κ2) is 8.12. The third-order valence-electron chi connectivity index (χ3n) is 4.61. The minimum Gasteiger partial charge on any atom is -0.325 e. The maximum atomic E-state index is 12.6. The highest BCUT2D eigenvalue weighted by Crippen LogP contribution is 2.24. The quantitative estimate of drug-likeness (QED) is 0.805. The molecular weight excluding hydrogens is 378 g/mol. The predicted molar refractivity (Wildman–Crippen MR) is 108 cm³/mol. The molecule has 1 aliphatic heterocycles. The first kappa shape index (κ1) is 20.0. The van der Waals surface area contributed by atoms with Gasteiger partial charge in [-0.3, -0.25) is 9.59 Å². The maximum absolute atomic E-state index is 12.6. The lowest BCUT2D eigenvalue weighted by Crippen LogP contribution is -2.35. The molecule has 148 valence electrons. The molecule has 2 aromatic carbocycles. The van der Waals surface area contributed by atoms with E-state index in [1.54, 1.807) is 35.2 Å². The summed E-state index contributed by atoms with van der Waals surface area (Å²) in [6.07, 6.45) is 1.34. The Morgan fingerprint density at radius 2 is 1.89 bits per heavy atom. The van der Waals surface area contributed by atoms with Gasteiger partial charge in [0, 0.05) is 31.4 Å². The van der Waals surface area contributed by atoms with Gasteiger partial charge in [-0.25, -0.2) is 8.42 Å². The van der Waals surface area contributed by atoms with Crippen molar-refractivity contribution in [1.82, 2.24) is 4.31 Å². The zero-order valence-corrected chi connectivity index (χ0v) is 16.7. The number of anilines is 2. The summed E-state index contributed by atoms with van der Waals surface area (Å²) >= 11 is 0. The van der Waals surface area contributed by atoms with Crippen LogP contribution in [0.3, 0.4) is 0 Å². The summed E-state index contributed by atoms with van der Waals surface area (Å²) in [5.74, 6) is -0.393. The van der Waals surface area contributed by atoms with E-state index in [1.807, 2.05) is 13.0 Å². The number of likely N-dealkylation sites (N-methyl/N-ethyl adjacent to an activating group) is 1. The molecule has 8 heteroatoms. The van der Waals surface area contributed by atoms with Crippen molar-refractivity contribution >= 4 is 33.2 Å². The number of benzene rings is 2. The molecule has 1 saturated heterocycles. The zero-order valence-electron chi connectivity index (χ0n) is 15.9. The number of hydrogen-bond donors (Lipinski definition) is 1.